The molecule has 3 N–H and O–H groups in total. The zero-order valence-corrected chi connectivity index (χ0v) is 19.7. The lowest BCUT2D eigenvalue weighted by Crippen LogP contribution is -2.69. The highest BCUT2D eigenvalue weighted by atomic mass is 16.3. The van der Waals surface area contributed by atoms with Crippen LogP contribution in [0.2, 0.25) is 0 Å². The normalized spacial score (nSPS) is 59.0. The zero-order chi connectivity index (χ0) is 21.7. The minimum Gasteiger partial charge on any atom is -0.393 e. The second-order valence-electron chi connectivity index (χ2n) is 13.0. The van der Waals surface area contributed by atoms with Gasteiger partial charge in [0.25, 0.3) is 0 Å². The molecular weight excluding hydrogens is 386 g/mol. The molecular formula is C27H43NO3. The van der Waals surface area contributed by atoms with Crippen LogP contribution in [0.4, 0.5) is 0 Å². The third-order valence-corrected chi connectivity index (χ3v) is 11.4. The van der Waals surface area contributed by atoms with Crippen LogP contribution >= 0.6 is 0 Å². The summed E-state index contributed by atoms with van der Waals surface area (Å²) < 4.78 is 0. The first-order valence-electron chi connectivity index (χ1n) is 13.2. The van der Waals surface area contributed by atoms with E-state index in [4.69, 9.17) is 0 Å². The number of aliphatic hydroxyl groups excluding tert-OH is 2. The van der Waals surface area contributed by atoms with Crippen LogP contribution in [0.1, 0.15) is 72.1 Å². The van der Waals surface area contributed by atoms with Crippen LogP contribution in [-0.4, -0.2) is 57.2 Å². The Hall–Kier alpha value is -0.420. The van der Waals surface area contributed by atoms with Crippen molar-refractivity contribution in [3.63, 3.8) is 0 Å². The molecule has 6 aliphatic rings. The van der Waals surface area contributed by atoms with Gasteiger partial charge in [0.2, 0.25) is 0 Å². The van der Waals surface area contributed by atoms with Crippen molar-refractivity contribution >= 4 is 0 Å². The van der Waals surface area contributed by atoms with Crippen LogP contribution in [0.5, 0.6) is 0 Å². The van der Waals surface area contributed by atoms with E-state index in [-0.39, 0.29) is 29.6 Å². The van der Waals surface area contributed by atoms with Gasteiger partial charge in [0.05, 0.1) is 17.8 Å². The van der Waals surface area contributed by atoms with Crippen molar-refractivity contribution < 1.29 is 15.3 Å². The van der Waals surface area contributed by atoms with E-state index in [1.165, 1.54) is 18.4 Å². The highest BCUT2D eigenvalue weighted by Crippen LogP contribution is 2.66. The van der Waals surface area contributed by atoms with E-state index in [9.17, 15) is 15.3 Å². The predicted molar refractivity (Wildman–Crippen MR) is 121 cm³/mol. The number of allylic oxidation sites excluding steroid dienone is 1. The molecule has 0 aromatic heterocycles. The largest absolute Gasteiger partial charge is 0.393 e. The smallest absolute Gasteiger partial charge is 0.0830 e. The minimum absolute atomic E-state index is 0.0250. The Morgan fingerprint density at radius 1 is 0.968 bits per heavy atom. The lowest BCUT2D eigenvalue weighted by molar-refractivity contribution is -0.208. The molecule has 2 saturated heterocycles. The van der Waals surface area contributed by atoms with Gasteiger partial charge in [0.15, 0.2) is 0 Å². The third kappa shape index (κ3) is 2.93. The molecule has 2 aliphatic heterocycles. The Kier molecular flexibility index (Phi) is 4.80. The molecule has 0 bridgehead atoms. The monoisotopic (exact) mass is 429 g/mol. The molecule has 4 nitrogen and oxygen atoms in total. The SMILES string of the molecule is CC1CCC2N(C1)CC1C3CC4C(CC=C5CC(O)CCC54C)C3CC(O)C1C2(C)O. The zero-order valence-electron chi connectivity index (χ0n) is 19.7. The number of hydrogen-bond acceptors (Lipinski definition) is 4. The van der Waals surface area contributed by atoms with Crippen molar-refractivity contribution in [3.05, 3.63) is 11.6 Å². The van der Waals surface area contributed by atoms with Crippen LogP contribution in [0.25, 0.3) is 0 Å². The van der Waals surface area contributed by atoms with E-state index < -0.39 is 5.60 Å². The summed E-state index contributed by atoms with van der Waals surface area (Å²) in [6.45, 7) is 9.05. The maximum atomic E-state index is 11.8. The molecule has 6 rings (SSSR count). The molecule has 31 heavy (non-hydrogen) atoms. The molecule has 0 aromatic rings. The van der Waals surface area contributed by atoms with Crippen molar-refractivity contribution in [2.45, 2.75) is 96.0 Å². The van der Waals surface area contributed by atoms with E-state index in [0.29, 0.717) is 35.5 Å². The van der Waals surface area contributed by atoms with E-state index in [2.05, 4.69) is 24.8 Å². The number of nitrogens with zero attached hydrogens (tertiary/aromatic N) is 1. The highest BCUT2D eigenvalue weighted by Gasteiger charge is 2.64. The fourth-order valence-corrected chi connectivity index (χ4v) is 10.1. The van der Waals surface area contributed by atoms with Crippen LogP contribution in [0.3, 0.4) is 0 Å². The summed E-state index contributed by atoms with van der Waals surface area (Å²) >= 11 is 0. The van der Waals surface area contributed by atoms with Crippen LogP contribution in [0, 0.1) is 46.8 Å². The first-order chi connectivity index (χ1) is 14.7. The second-order valence-corrected chi connectivity index (χ2v) is 13.0. The van der Waals surface area contributed by atoms with Gasteiger partial charge in [-0.25, -0.2) is 0 Å². The summed E-state index contributed by atoms with van der Waals surface area (Å²) in [4.78, 5) is 2.61. The molecule has 4 aliphatic carbocycles. The van der Waals surface area contributed by atoms with Gasteiger partial charge in [0.1, 0.15) is 0 Å². The molecule has 12 atom stereocenters. The molecule has 12 unspecified atom stereocenters. The average molecular weight is 430 g/mol. The molecule has 0 aromatic carbocycles. The average Bonchev–Trinajstić information content (AvgIpc) is 3.08. The van der Waals surface area contributed by atoms with Gasteiger partial charge in [-0.1, -0.05) is 25.5 Å². The summed E-state index contributed by atoms with van der Waals surface area (Å²) in [6.07, 6.45) is 10.4. The van der Waals surface area contributed by atoms with Gasteiger partial charge in [-0.3, -0.25) is 4.90 Å². The lowest BCUT2D eigenvalue weighted by Gasteiger charge is -2.61. The molecule has 3 saturated carbocycles. The molecule has 0 amide bonds. The van der Waals surface area contributed by atoms with Crippen LogP contribution in [0.15, 0.2) is 11.6 Å². The molecule has 2 heterocycles. The molecule has 5 fully saturated rings. The Bertz CT molecular complexity index is 764. The Morgan fingerprint density at radius 2 is 1.74 bits per heavy atom. The Balaban J connectivity index is 1.32. The predicted octanol–water partition coefficient (Wildman–Crippen LogP) is 3.60. The first-order valence-corrected chi connectivity index (χ1v) is 13.2. The van der Waals surface area contributed by atoms with Crippen LogP contribution < -0.4 is 0 Å². The summed E-state index contributed by atoms with van der Waals surface area (Å²) in [5.74, 6) is 3.73. The fraction of sp³-hybridized carbons (Fsp3) is 0.926. The summed E-state index contributed by atoms with van der Waals surface area (Å²) in [5, 5.41) is 33.5. The van der Waals surface area contributed by atoms with Gasteiger partial charge in [0, 0.05) is 25.0 Å². The quantitative estimate of drug-likeness (QED) is 0.515. The van der Waals surface area contributed by atoms with E-state index in [0.717, 1.165) is 51.6 Å². The number of piperidine rings is 2. The van der Waals surface area contributed by atoms with Crippen molar-refractivity contribution in [2.75, 3.05) is 13.1 Å². The molecule has 0 radical (unpaired) electrons. The van der Waals surface area contributed by atoms with E-state index >= 15 is 0 Å². The number of fused-ring (bicyclic) bond motifs is 8. The van der Waals surface area contributed by atoms with Gasteiger partial charge < -0.3 is 15.3 Å². The lowest BCUT2D eigenvalue weighted by atomic mass is 9.55. The van der Waals surface area contributed by atoms with E-state index in [1.54, 1.807) is 0 Å². The minimum atomic E-state index is -0.788. The van der Waals surface area contributed by atoms with Gasteiger partial charge in [-0.15, -0.1) is 0 Å². The summed E-state index contributed by atoms with van der Waals surface area (Å²) in [6, 6.07) is 0.213. The Labute approximate surface area is 188 Å². The van der Waals surface area contributed by atoms with Gasteiger partial charge >= 0.3 is 0 Å². The topological polar surface area (TPSA) is 63.9 Å². The van der Waals surface area contributed by atoms with Crippen molar-refractivity contribution in [1.82, 2.24) is 4.90 Å². The van der Waals surface area contributed by atoms with Crippen LogP contribution in [-0.2, 0) is 0 Å². The fourth-order valence-electron chi connectivity index (χ4n) is 10.1. The second kappa shape index (κ2) is 7.04. The number of hydrogen-bond donors (Lipinski definition) is 3. The van der Waals surface area contributed by atoms with Gasteiger partial charge in [-0.05, 0) is 99.2 Å². The van der Waals surface area contributed by atoms with E-state index in [1.807, 2.05) is 6.92 Å². The van der Waals surface area contributed by atoms with Crippen molar-refractivity contribution in [2.24, 2.45) is 46.8 Å². The highest BCUT2D eigenvalue weighted by molar-refractivity contribution is 5.26. The summed E-state index contributed by atoms with van der Waals surface area (Å²) in [7, 11) is 0. The molecule has 4 heteroatoms. The van der Waals surface area contributed by atoms with Gasteiger partial charge in [-0.2, -0.15) is 0 Å². The number of aliphatic hydroxyl groups is 3. The maximum absolute atomic E-state index is 11.8. The Morgan fingerprint density at radius 3 is 2.55 bits per heavy atom. The van der Waals surface area contributed by atoms with Crippen molar-refractivity contribution in [3.8, 4) is 0 Å². The maximum Gasteiger partial charge on any atom is 0.0830 e. The molecule has 174 valence electrons. The summed E-state index contributed by atoms with van der Waals surface area (Å²) in [5.41, 5.74) is 0.965. The number of rotatable bonds is 0. The molecule has 0 spiro atoms. The first kappa shape index (κ1) is 21.1. The van der Waals surface area contributed by atoms with Crippen molar-refractivity contribution in [1.29, 1.82) is 0 Å². The standard InChI is InChI=1S/C27H43NO3/c1-15-4-7-24-27(3,31)25-21(14-28(24)13-15)19-11-22-18(20(19)12-23(25)30)6-5-16-10-17(29)8-9-26(16,22)2/h5,15,17-25,29-31H,4,6-14H2,1-3H3. The third-order valence-electron chi connectivity index (χ3n) is 11.4.